The summed E-state index contributed by atoms with van der Waals surface area (Å²) in [6.07, 6.45) is 2.78. The Bertz CT molecular complexity index is 300. The third-order valence-corrected chi connectivity index (χ3v) is 2.52. The van der Waals surface area contributed by atoms with Gasteiger partial charge in [0.1, 0.15) is 0 Å². The largest absolute Gasteiger partial charge is 0.383 e. The maximum absolute atomic E-state index is 11.9. The second kappa shape index (κ2) is 3.56. The Balaban J connectivity index is 3.02. The first-order valence-electron chi connectivity index (χ1n) is 4.81. The second-order valence-electron chi connectivity index (χ2n) is 4.64. The van der Waals surface area contributed by atoms with E-state index < -0.39 is 0 Å². The zero-order valence-electron chi connectivity index (χ0n) is 9.26. The van der Waals surface area contributed by atoms with Crippen LogP contribution in [-0.2, 0) is 9.59 Å². The molecule has 0 radical (unpaired) electrons. The maximum atomic E-state index is 11.9. The minimum atomic E-state index is -0.379. The van der Waals surface area contributed by atoms with Gasteiger partial charge in [-0.05, 0) is 6.42 Å². The minimum absolute atomic E-state index is 0.0250. The highest BCUT2D eigenvalue weighted by atomic mass is 16.2. The Labute approximate surface area is 84.8 Å². The Morgan fingerprint density at radius 2 is 1.86 bits per heavy atom. The van der Waals surface area contributed by atoms with Crippen LogP contribution in [0.15, 0.2) is 11.8 Å². The fraction of sp³-hybridized carbons (Fsp3) is 0.636. The van der Waals surface area contributed by atoms with Crippen molar-refractivity contribution >= 4 is 11.6 Å². The lowest BCUT2D eigenvalue weighted by Gasteiger charge is -2.28. The van der Waals surface area contributed by atoms with Crippen LogP contribution in [0.5, 0.6) is 0 Å². The second-order valence-corrected chi connectivity index (χ2v) is 4.64. The summed E-state index contributed by atoms with van der Waals surface area (Å²) in [7, 11) is 3.63. The molecule has 1 rings (SSSR count). The summed E-state index contributed by atoms with van der Waals surface area (Å²) >= 11 is 0. The molecule has 0 spiro atoms. The number of ketones is 2. The van der Waals surface area contributed by atoms with Crippen molar-refractivity contribution in [3.8, 4) is 0 Å². The number of rotatable bonds is 1. The number of Topliss-reactive ketones (excluding diaryl/α,β-unsaturated/α-hetero) is 2. The summed E-state index contributed by atoms with van der Waals surface area (Å²) < 4.78 is 0. The van der Waals surface area contributed by atoms with Crippen LogP contribution < -0.4 is 0 Å². The van der Waals surface area contributed by atoms with Crippen LogP contribution in [0.25, 0.3) is 0 Å². The minimum Gasteiger partial charge on any atom is -0.383 e. The predicted octanol–water partition coefficient (Wildman–Crippen LogP) is 1.39. The maximum Gasteiger partial charge on any atom is 0.173 e. The highest BCUT2D eigenvalue weighted by Gasteiger charge is 2.38. The van der Waals surface area contributed by atoms with Crippen LogP contribution in [0, 0.1) is 5.41 Å². The van der Waals surface area contributed by atoms with Gasteiger partial charge in [-0.3, -0.25) is 9.59 Å². The van der Waals surface area contributed by atoms with E-state index in [2.05, 4.69) is 0 Å². The molecule has 0 aromatic rings. The van der Waals surface area contributed by atoms with Gasteiger partial charge in [-0.15, -0.1) is 0 Å². The molecule has 0 heterocycles. The molecular weight excluding hydrogens is 178 g/mol. The van der Waals surface area contributed by atoms with Crippen molar-refractivity contribution in [1.29, 1.82) is 0 Å². The molecule has 1 aliphatic rings. The normalized spacial score (nSPS) is 24.1. The molecule has 0 aromatic heterocycles. The van der Waals surface area contributed by atoms with E-state index in [0.29, 0.717) is 18.4 Å². The first-order chi connectivity index (χ1) is 6.34. The van der Waals surface area contributed by atoms with E-state index in [1.807, 2.05) is 27.9 Å². The van der Waals surface area contributed by atoms with Gasteiger partial charge in [-0.25, -0.2) is 0 Å². The fourth-order valence-corrected chi connectivity index (χ4v) is 1.55. The average Bonchev–Trinajstić information content (AvgIpc) is 2.06. The van der Waals surface area contributed by atoms with E-state index in [4.69, 9.17) is 0 Å². The van der Waals surface area contributed by atoms with Gasteiger partial charge in [0.15, 0.2) is 11.6 Å². The van der Waals surface area contributed by atoms with Gasteiger partial charge in [0.25, 0.3) is 0 Å². The third-order valence-electron chi connectivity index (χ3n) is 2.52. The highest BCUT2D eigenvalue weighted by molar-refractivity contribution is 6.23. The Kier molecular flexibility index (Phi) is 2.79. The van der Waals surface area contributed by atoms with Crippen LogP contribution in [-0.4, -0.2) is 30.6 Å². The van der Waals surface area contributed by atoms with E-state index in [0.717, 1.165) is 0 Å². The zero-order valence-corrected chi connectivity index (χ0v) is 9.26. The van der Waals surface area contributed by atoms with Gasteiger partial charge >= 0.3 is 0 Å². The molecular formula is C11H17NO2. The summed E-state index contributed by atoms with van der Waals surface area (Å²) in [5.41, 5.74) is -0.0262. The Morgan fingerprint density at radius 1 is 1.29 bits per heavy atom. The first-order valence-corrected chi connectivity index (χ1v) is 4.81. The van der Waals surface area contributed by atoms with E-state index in [-0.39, 0.29) is 17.0 Å². The molecule has 1 fully saturated rings. The molecule has 3 heteroatoms. The van der Waals surface area contributed by atoms with Crippen molar-refractivity contribution in [3.05, 3.63) is 11.8 Å². The van der Waals surface area contributed by atoms with Gasteiger partial charge in [-0.2, -0.15) is 0 Å². The summed E-state index contributed by atoms with van der Waals surface area (Å²) in [5, 5.41) is 0. The zero-order chi connectivity index (χ0) is 10.9. The van der Waals surface area contributed by atoms with Crippen molar-refractivity contribution in [2.24, 2.45) is 5.41 Å². The number of carbonyl (C=O) groups is 2. The first kappa shape index (κ1) is 11.0. The van der Waals surface area contributed by atoms with Crippen LogP contribution in [0.4, 0.5) is 0 Å². The third kappa shape index (κ3) is 2.03. The van der Waals surface area contributed by atoms with Gasteiger partial charge < -0.3 is 4.90 Å². The van der Waals surface area contributed by atoms with Crippen LogP contribution in [0.1, 0.15) is 26.7 Å². The average molecular weight is 195 g/mol. The van der Waals surface area contributed by atoms with E-state index >= 15 is 0 Å². The topological polar surface area (TPSA) is 37.4 Å². The van der Waals surface area contributed by atoms with Gasteiger partial charge in [0.05, 0.1) is 5.57 Å². The monoisotopic (exact) mass is 195 g/mol. The Morgan fingerprint density at radius 3 is 2.36 bits per heavy atom. The van der Waals surface area contributed by atoms with E-state index in [1.165, 1.54) is 0 Å². The molecule has 0 aliphatic heterocycles. The lowest BCUT2D eigenvalue weighted by molar-refractivity contribution is -0.130. The molecule has 1 saturated carbocycles. The van der Waals surface area contributed by atoms with Crippen LogP contribution >= 0.6 is 0 Å². The predicted molar refractivity (Wildman–Crippen MR) is 54.8 cm³/mol. The van der Waals surface area contributed by atoms with Gasteiger partial charge in [0.2, 0.25) is 0 Å². The molecule has 78 valence electrons. The van der Waals surface area contributed by atoms with Crippen LogP contribution in [0.3, 0.4) is 0 Å². The number of nitrogens with zero attached hydrogens (tertiary/aromatic N) is 1. The number of carbonyl (C=O) groups excluding carboxylic acids is 2. The SMILES string of the molecule is CN(C)C=C1C(=O)CCC(C)(C)C1=O. The fourth-order valence-electron chi connectivity index (χ4n) is 1.55. The van der Waals surface area contributed by atoms with E-state index in [9.17, 15) is 9.59 Å². The standard InChI is InChI=1S/C11H17NO2/c1-11(2)6-5-9(13)8(10(11)14)7-12(3)4/h7H,5-6H2,1-4H3. The molecule has 0 N–H and O–H groups in total. The summed E-state index contributed by atoms with van der Waals surface area (Å²) in [6.45, 7) is 3.79. The molecule has 0 unspecified atom stereocenters. The van der Waals surface area contributed by atoms with Crippen LogP contribution in [0.2, 0.25) is 0 Å². The molecule has 0 bridgehead atoms. The molecule has 3 nitrogen and oxygen atoms in total. The lowest BCUT2D eigenvalue weighted by atomic mass is 9.73. The van der Waals surface area contributed by atoms with Crippen molar-refractivity contribution in [1.82, 2.24) is 4.90 Å². The smallest absolute Gasteiger partial charge is 0.173 e. The van der Waals surface area contributed by atoms with Crippen molar-refractivity contribution in [2.75, 3.05) is 14.1 Å². The lowest BCUT2D eigenvalue weighted by Crippen LogP contribution is -2.35. The molecule has 0 amide bonds. The van der Waals surface area contributed by atoms with Gasteiger partial charge in [-0.1, -0.05) is 13.8 Å². The summed E-state index contributed by atoms with van der Waals surface area (Å²) in [5.74, 6) is -0.0505. The molecule has 0 aromatic carbocycles. The molecule has 0 saturated heterocycles. The van der Waals surface area contributed by atoms with Crippen molar-refractivity contribution in [2.45, 2.75) is 26.7 Å². The molecule has 1 aliphatic carbocycles. The summed E-state index contributed by atoms with van der Waals surface area (Å²) in [4.78, 5) is 25.1. The summed E-state index contributed by atoms with van der Waals surface area (Å²) in [6, 6.07) is 0. The van der Waals surface area contributed by atoms with E-state index in [1.54, 1.807) is 11.1 Å². The Hall–Kier alpha value is -1.12. The van der Waals surface area contributed by atoms with Crippen molar-refractivity contribution in [3.63, 3.8) is 0 Å². The highest BCUT2D eigenvalue weighted by Crippen LogP contribution is 2.33. The number of hydrogen-bond acceptors (Lipinski definition) is 3. The quantitative estimate of drug-likeness (QED) is 0.468. The van der Waals surface area contributed by atoms with Crippen molar-refractivity contribution < 1.29 is 9.59 Å². The number of allylic oxidation sites excluding steroid dienone is 1. The molecule has 14 heavy (non-hydrogen) atoms. The molecule has 0 atom stereocenters. The number of hydrogen-bond donors (Lipinski definition) is 0. The van der Waals surface area contributed by atoms with Gasteiger partial charge in [0, 0.05) is 32.1 Å².